The van der Waals surface area contributed by atoms with Crippen molar-refractivity contribution >= 4 is 35.1 Å². The van der Waals surface area contributed by atoms with Gasteiger partial charge in [0.25, 0.3) is 5.56 Å². The van der Waals surface area contributed by atoms with Gasteiger partial charge in [0.05, 0.1) is 28.5 Å². The Bertz CT molecular complexity index is 1480. The molecule has 7 nitrogen and oxygen atoms in total. The molecule has 34 heavy (non-hydrogen) atoms. The summed E-state index contributed by atoms with van der Waals surface area (Å²) in [4.78, 5) is 32.9. The minimum Gasteiger partial charge on any atom is -0.463 e. The largest absolute Gasteiger partial charge is 0.463 e. The van der Waals surface area contributed by atoms with Gasteiger partial charge in [-0.1, -0.05) is 29.5 Å². The van der Waals surface area contributed by atoms with E-state index in [1.165, 1.54) is 11.3 Å². The summed E-state index contributed by atoms with van der Waals surface area (Å²) in [6, 6.07) is 12.8. The van der Waals surface area contributed by atoms with Crippen molar-refractivity contribution in [2.75, 3.05) is 19.7 Å². The molecule has 1 atom stereocenters. The number of aromatic nitrogens is 1. The predicted molar refractivity (Wildman–Crippen MR) is 131 cm³/mol. The van der Waals surface area contributed by atoms with E-state index in [0.717, 1.165) is 16.0 Å². The molecule has 2 aliphatic heterocycles. The second kappa shape index (κ2) is 9.15. The number of allylic oxidation sites excluding steroid dienone is 1. The van der Waals surface area contributed by atoms with Crippen LogP contribution in [0.5, 0.6) is 11.5 Å². The summed E-state index contributed by atoms with van der Waals surface area (Å²) < 4.78 is 18.4. The van der Waals surface area contributed by atoms with Crippen LogP contribution >= 0.6 is 23.1 Å². The maximum atomic E-state index is 13.6. The lowest BCUT2D eigenvalue weighted by molar-refractivity contribution is -0.139. The van der Waals surface area contributed by atoms with Gasteiger partial charge in [0.2, 0.25) is 6.79 Å². The second-order valence-corrected chi connectivity index (χ2v) is 9.58. The van der Waals surface area contributed by atoms with Gasteiger partial charge in [0, 0.05) is 4.90 Å². The third-order valence-corrected chi connectivity index (χ3v) is 7.37. The molecule has 0 aliphatic carbocycles. The van der Waals surface area contributed by atoms with Gasteiger partial charge in [-0.3, -0.25) is 9.36 Å². The molecule has 9 heteroatoms. The van der Waals surface area contributed by atoms with E-state index in [9.17, 15) is 9.59 Å². The quantitative estimate of drug-likeness (QED) is 0.400. The molecule has 0 fully saturated rings. The highest BCUT2D eigenvalue weighted by Crippen LogP contribution is 2.38. The molecule has 2 aliphatic rings. The third-order valence-electron chi connectivity index (χ3n) is 5.64. The Morgan fingerprint density at radius 2 is 2.00 bits per heavy atom. The molecule has 3 aromatic rings. The van der Waals surface area contributed by atoms with Crippen LogP contribution in [0.15, 0.2) is 68.4 Å². The van der Waals surface area contributed by atoms with Crippen LogP contribution in [0, 0.1) is 0 Å². The number of thioether (sulfide) groups is 1. The van der Waals surface area contributed by atoms with Gasteiger partial charge in [0.1, 0.15) is 0 Å². The average Bonchev–Trinajstić information content (AvgIpc) is 3.42. The van der Waals surface area contributed by atoms with Crippen LogP contribution in [0.4, 0.5) is 0 Å². The average molecular weight is 495 g/mol. The number of hydrogen-bond donors (Lipinski definition) is 0. The summed E-state index contributed by atoms with van der Waals surface area (Å²) in [6.45, 7) is 3.88. The lowest BCUT2D eigenvalue weighted by Gasteiger charge is -2.24. The highest BCUT2D eigenvalue weighted by atomic mass is 32.2. The molecule has 0 unspecified atom stereocenters. The molecule has 0 amide bonds. The molecule has 5 rings (SSSR count). The van der Waals surface area contributed by atoms with E-state index in [2.05, 4.69) is 4.99 Å². The van der Waals surface area contributed by atoms with E-state index in [4.69, 9.17) is 14.2 Å². The van der Waals surface area contributed by atoms with Crippen molar-refractivity contribution in [3.05, 3.63) is 84.5 Å². The summed E-state index contributed by atoms with van der Waals surface area (Å²) in [5.74, 6) is 0.711. The maximum Gasteiger partial charge on any atom is 0.338 e. The molecule has 0 radical (unpaired) electrons. The summed E-state index contributed by atoms with van der Waals surface area (Å²) in [5, 5.41) is 0. The highest BCUT2D eigenvalue weighted by Gasteiger charge is 2.34. The number of thiazole rings is 1. The molecule has 0 bridgehead atoms. The minimum absolute atomic E-state index is 0.135. The van der Waals surface area contributed by atoms with E-state index in [1.54, 1.807) is 36.2 Å². The Balaban J connectivity index is 1.69. The van der Waals surface area contributed by atoms with Gasteiger partial charge < -0.3 is 14.2 Å². The summed E-state index contributed by atoms with van der Waals surface area (Å²) in [6.07, 6.45) is 3.88. The number of carbonyl (C=O) groups excluding carboxylic acids is 1. The maximum absolute atomic E-state index is 13.6. The van der Waals surface area contributed by atoms with Crippen molar-refractivity contribution in [2.24, 2.45) is 4.99 Å². The van der Waals surface area contributed by atoms with Crippen molar-refractivity contribution in [3.8, 4) is 11.5 Å². The Labute approximate surface area is 204 Å². The fourth-order valence-corrected chi connectivity index (χ4v) is 5.50. The van der Waals surface area contributed by atoms with Crippen molar-refractivity contribution in [1.82, 2.24) is 4.57 Å². The zero-order chi connectivity index (χ0) is 23.8. The Morgan fingerprint density at radius 3 is 2.74 bits per heavy atom. The summed E-state index contributed by atoms with van der Waals surface area (Å²) in [7, 11) is 0. The van der Waals surface area contributed by atoms with Crippen LogP contribution in [-0.2, 0) is 9.53 Å². The van der Waals surface area contributed by atoms with Crippen molar-refractivity contribution in [2.45, 2.75) is 24.8 Å². The van der Waals surface area contributed by atoms with Crippen LogP contribution in [0.2, 0.25) is 0 Å². The van der Waals surface area contributed by atoms with Gasteiger partial charge in [-0.25, -0.2) is 9.79 Å². The van der Waals surface area contributed by atoms with Gasteiger partial charge >= 0.3 is 5.97 Å². The molecule has 0 saturated heterocycles. The number of ether oxygens (including phenoxy) is 3. The predicted octanol–water partition coefficient (Wildman–Crippen LogP) is 3.25. The lowest BCUT2D eigenvalue weighted by Crippen LogP contribution is -2.39. The lowest BCUT2D eigenvalue weighted by atomic mass is 9.95. The summed E-state index contributed by atoms with van der Waals surface area (Å²) in [5.41, 5.74) is 2.29. The molecular formula is C25H22N2O5S2. The minimum atomic E-state index is -0.689. The van der Waals surface area contributed by atoms with Crippen LogP contribution < -0.4 is 24.4 Å². The molecule has 2 aromatic carbocycles. The normalized spacial score (nSPS) is 16.9. The number of nitrogens with zero attached hydrogens (tertiary/aromatic N) is 2. The van der Waals surface area contributed by atoms with Gasteiger partial charge in [-0.2, -0.15) is 0 Å². The molecule has 1 aromatic heterocycles. The number of hydrogen-bond acceptors (Lipinski definition) is 8. The Hall–Kier alpha value is -3.30. The number of carbonyl (C=O) groups is 1. The van der Waals surface area contributed by atoms with Crippen LogP contribution in [0.1, 0.15) is 31.0 Å². The first-order chi connectivity index (χ1) is 16.5. The van der Waals surface area contributed by atoms with Gasteiger partial charge in [-0.05, 0) is 61.6 Å². The zero-order valence-corrected chi connectivity index (χ0v) is 20.5. The molecule has 174 valence electrons. The zero-order valence-electron chi connectivity index (χ0n) is 18.9. The molecule has 0 N–H and O–H groups in total. The number of fused-ring (bicyclic) bond motifs is 2. The van der Waals surface area contributed by atoms with Crippen LogP contribution in [-0.4, -0.2) is 30.2 Å². The van der Waals surface area contributed by atoms with E-state index < -0.39 is 12.0 Å². The van der Waals surface area contributed by atoms with Crippen molar-refractivity contribution in [1.29, 1.82) is 0 Å². The number of rotatable bonds is 5. The number of benzene rings is 2. The van der Waals surface area contributed by atoms with E-state index >= 15 is 0 Å². The van der Waals surface area contributed by atoms with Gasteiger partial charge in [-0.15, -0.1) is 11.8 Å². The fourth-order valence-electron chi connectivity index (χ4n) is 4.04. The Kier molecular flexibility index (Phi) is 6.05. The first-order valence-corrected chi connectivity index (χ1v) is 12.8. The first-order valence-electron chi connectivity index (χ1n) is 10.7. The first kappa shape index (κ1) is 22.5. The highest BCUT2D eigenvalue weighted by molar-refractivity contribution is 7.98. The number of esters is 1. The van der Waals surface area contributed by atoms with Gasteiger partial charge in [0.15, 0.2) is 16.3 Å². The summed E-state index contributed by atoms with van der Waals surface area (Å²) >= 11 is 2.96. The standard InChI is InChI=1S/C25H22N2O5S2/c1-4-30-24(29)21-14(2)26-25-27(22(21)16-7-10-18-19(12-16)32-13-31-18)23(28)20(34-25)11-15-5-8-17(33-3)9-6-15/h5-12,22H,4,13H2,1-3H3/b20-11+/t22-/m1/s1. The smallest absolute Gasteiger partial charge is 0.338 e. The molecular weight excluding hydrogens is 472 g/mol. The van der Waals surface area contributed by atoms with E-state index in [0.29, 0.717) is 32.1 Å². The van der Waals surface area contributed by atoms with Crippen LogP contribution in [0.25, 0.3) is 6.08 Å². The molecule has 0 spiro atoms. The Morgan fingerprint density at radius 1 is 1.24 bits per heavy atom. The van der Waals surface area contributed by atoms with E-state index in [-0.39, 0.29) is 19.0 Å². The van der Waals surface area contributed by atoms with Crippen molar-refractivity contribution < 1.29 is 19.0 Å². The molecule has 3 heterocycles. The second-order valence-electron chi connectivity index (χ2n) is 7.69. The third kappa shape index (κ3) is 3.95. The topological polar surface area (TPSA) is 79.1 Å². The van der Waals surface area contributed by atoms with Crippen molar-refractivity contribution in [3.63, 3.8) is 0 Å². The monoisotopic (exact) mass is 494 g/mol. The molecule has 0 saturated carbocycles. The fraction of sp³-hybridized carbons (Fsp3) is 0.240. The van der Waals surface area contributed by atoms with Crippen LogP contribution in [0.3, 0.4) is 0 Å². The van der Waals surface area contributed by atoms with E-state index in [1.807, 2.05) is 48.7 Å². The SMILES string of the molecule is CCOC(=O)C1=C(C)N=c2s/c(=C/c3ccc(SC)cc3)c(=O)n2[C@@H]1c1ccc2c(c1)OCO2.